The first-order valence-electron chi connectivity index (χ1n) is 9.71. The number of carbonyl (C=O) groups excluding carboxylic acids is 1. The number of hydrogen-bond acceptors (Lipinski definition) is 2. The van der Waals surface area contributed by atoms with E-state index < -0.39 is 0 Å². The van der Waals surface area contributed by atoms with Gasteiger partial charge in [0.1, 0.15) is 5.82 Å². The Labute approximate surface area is 160 Å². The second kappa shape index (κ2) is 7.69. The van der Waals surface area contributed by atoms with E-state index in [1.54, 1.807) is 12.1 Å². The summed E-state index contributed by atoms with van der Waals surface area (Å²) in [4.78, 5) is 17.3. The number of likely N-dealkylation sites (tertiary alicyclic amines) is 1. The number of halogens is 1. The Kier molecular flexibility index (Phi) is 5.12. The number of urea groups is 1. The molecule has 142 valence electrons. The molecule has 2 aromatic carbocycles. The molecule has 0 unspecified atom stereocenters. The van der Waals surface area contributed by atoms with Gasteiger partial charge in [0.05, 0.1) is 6.04 Å². The zero-order valence-electron chi connectivity index (χ0n) is 15.7. The summed E-state index contributed by atoms with van der Waals surface area (Å²) in [7, 11) is 2.12. The van der Waals surface area contributed by atoms with Gasteiger partial charge < -0.3 is 15.1 Å². The van der Waals surface area contributed by atoms with Crippen molar-refractivity contribution in [3.63, 3.8) is 0 Å². The minimum absolute atomic E-state index is 0.0200. The van der Waals surface area contributed by atoms with E-state index in [9.17, 15) is 9.18 Å². The van der Waals surface area contributed by atoms with Crippen molar-refractivity contribution in [2.45, 2.75) is 31.3 Å². The molecule has 4 rings (SSSR count). The summed E-state index contributed by atoms with van der Waals surface area (Å²) in [5, 5.41) is 3.24. The molecule has 0 radical (unpaired) electrons. The van der Waals surface area contributed by atoms with Crippen LogP contribution >= 0.6 is 0 Å². The molecule has 0 saturated carbocycles. The Bertz CT molecular complexity index is 799. The maximum Gasteiger partial charge on any atom is 0.318 e. The van der Waals surface area contributed by atoms with Crippen LogP contribution in [0.25, 0.3) is 0 Å². The second-order valence-electron chi connectivity index (χ2n) is 7.62. The number of benzene rings is 2. The van der Waals surface area contributed by atoms with Crippen LogP contribution in [-0.2, 0) is 6.42 Å². The topological polar surface area (TPSA) is 35.6 Å². The third kappa shape index (κ3) is 3.83. The number of rotatable bonds is 2. The normalized spacial score (nSPS) is 21.0. The molecule has 2 heterocycles. The molecule has 2 amide bonds. The van der Waals surface area contributed by atoms with Crippen LogP contribution in [0, 0.1) is 5.82 Å². The summed E-state index contributed by atoms with van der Waals surface area (Å²) in [5.41, 5.74) is 3.34. The van der Waals surface area contributed by atoms with Crippen LogP contribution in [0.3, 0.4) is 0 Å². The third-order valence-corrected chi connectivity index (χ3v) is 5.78. The van der Waals surface area contributed by atoms with Gasteiger partial charge in [-0.05, 0) is 68.2 Å². The van der Waals surface area contributed by atoms with Crippen LogP contribution in [0.2, 0.25) is 0 Å². The molecule has 1 fully saturated rings. The zero-order valence-corrected chi connectivity index (χ0v) is 15.7. The van der Waals surface area contributed by atoms with Gasteiger partial charge in [-0.15, -0.1) is 0 Å². The van der Waals surface area contributed by atoms with Gasteiger partial charge >= 0.3 is 6.03 Å². The van der Waals surface area contributed by atoms with E-state index in [2.05, 4.69) is 29.4 Å². The van der Waals surface area contributed by atoms with Crippen LogP contribution in [-0.4, -0.2) is 48.6 Å². The van der Waals surface area contributed by atoms with Gasteiger partial charge in [-0.3, -0.25) is 0 Å². The van der Waals surface area contributed by atoms with E-state index in [0.717, 1.165) is 43.5 Å². The molecule has 2 aromatic rings. The Morgan fingerprint density at radius 2 is 1.74 bits per heavy atom. The molecule has 0 bridgehead atoms. The molecule has 2 aliphatic heterocycles. The maximum absolute atomic E-state index is 13.4. The van der Waals surface area contributed by atoms with E-state index >= 15 is 0 Å². The smallest absolute Gasteiger partial charge is 0.318 e. The molecular formula is C22H26FN3O. The Morgan fingerprint density at radius 3 is 2.48 bits per heavy atom. The first-order valence-corrected chi connectivity index (χ1v) is 9.71. The number of piperidine rings is 1. The standard InChI is InChI=1S/C22H26FN3O/c1-25-13-11-19(12-14-25)24-22(27)26-15-10-16-4-2-3-5-20(16)21(26)17-6-8-18(23)9-7-17/h2-9,19,21H,10-15H2,1H3,(H,24,27)/t21-/m0/s1. The summed E-state index contributed by atoms with van der Waals surface area (Å²) in [6.45, 7) is 2.68. The molecule has 4 nitrogen and oxygen atoms in total. The molecule has 1 saturated heterocycles. The lowest BCUT2D eigenvalue weighted by Crippen LogP contribution is -2.51. The molecule has 1 N–H and O–H groups in total. The highest BCUT2D eigenvalue weighted by molar-refractivity contribution is 5.76. The first kappa shape index (κ1) is 18.0. The van der Waals surface area contributed by atoms with Crippen molar-refractivity contribution in [2.75, 3.05) is 26.7 Å². The van der Waals surface area contributed by atoms with E-state index in [1.165, 1.54) is 17.7 Å². The van der Waals surface area contributed by atoms with E-state index in [1.807, 2.05) is 17.0 Å². The summed E-state index contributed by atoms with van der Waals surface area (Å²) in [6, 6.07) is 14.8. The van der Waals surface area contributed by atoms with Gasteiger partial charge in [0.2, 0.25) is 0 Å². The number of carbonyl (C=O) groups is 1. The van der Waals surface area contributed by atoms with E-state index in [4.69, 9.17) is 0 Å². The molecule has 0 aliphatic carbocycles. The second-order valence-corrected chi connectivity index (χ2v) is 7.62. The number of hydrogen-bond donors (Lipinski definition) is 1. The largest absolute Gasteiger partial charge is 0.335 e. The molecule has 0 spiro atoms. The number of amides is 2. The first-order chi connectivity index (χ1) is 13.1. The average molecular weight is 367 g/mol. The highest BCUT2D eigenvalue weighted by Gasteiger charge is 2.33. The van der Waals surface area contributed by atoms with Gasteiger partial charge in [-0.2, -0.15) is 0 Å². The fraction of sp³-hybridized carbons (Fsp3) is 0.409. The zero-order chi connectivity index (χ0) is 18.8. The van der Waals surface area contributed by atoms with Crippen LogP contribution in [0.15, 0.2) is 48.5 Å². The summed E-state index contributed by atoms with van der Waals surface area (Å²) in [5.74, 6) is -0.259. The van der Waals surface area contributed by atoms with Crippen molar-refractivity contribution < 1.29 is 9.18 Å². The van der Waals surface area contributed by atoms with Crippen molar-refractivity contribution >= 4 is 6.03 Å². The lowest BCUT2D eigenvalue weighted by atomic mass is 9.88. The van der Waals surface area contributed by atoms with Gasteiger partial charge in [-0.25, -0.2) is 9.18 Å². The molecule has 27 heavy (non-hydrogen) atoms. The van der Waals surface area contributed by atoms with Gasteiger partial charge in [-0.1, -0.05) is 36.4 Å². The summed E-state index contributed by atoms with van der Waals surface area (Å²) in [6.07, 6.45) is 2.80. The lowest BCUT2D eigenvalue weighted by molar-refractivity contribution is 0.166. The van der Waals surface area contributed by atoms with Gasteiger partial charge in [0.15, 0.2) is 0 Å². The Hall–Kier alpha value is -2.40. The molecule has 5 heteroatoms. The quantitative estimate of drug-likeness (QED) is 0.881. The van der Waals surface area contributed by atoms with Crippen LogP contribution < -0.4 is 5.32 Å². The predicted molar refractivity (Wildman–Crippen MR) is 104 cm³/mol. The van der Waals surface area contributed by atoms with Crippen molar-refractivity contribution in [1.29, 1.82) is 0 Å². The fourth-order valence-electron chi connectivity index (χ4n) is 4.20. The maximum atomic E-state index is 13.4. The Morgan fingerprint density at radius 1 is 1.04 bits per heavy atom. The predicted octanol–water partition coefficient (Wildman–Crippen LogP) is 3.58. The monoisotopic (exact) mass is 367 g/mol. The number of nitrogens with zero attached hydrogens (tertiary/aromatic N) is 2. The van der Waals surface area contributed by atoms with Gasteiger partial charge in [0.25, 0.3) is 0 Å². The summed E-state index contributed by atoms with van der Waals surface area (Å²) >= 11 is 0. The molecule has 1 atom stereocenters. The van der Waals surface area contributed by atoms with Crippen molar-refractivity contribution in [1.82, 2.24) is 15.1 Å². The van der Waals surface area contributed by atoms with Crippen LogP contribution in [0.4, 0.5) is 9.18 Å². The summed E-state index contributed by atoms with van der Waals surface area (Å²) < 4.78 is 13.4. The minimum Gasteiger partial charge on any atom is -0.335 e. The molecule has 0 aromatic heterocycles. The van der Waals surface area contributed by atoms with E-state index in [-0.39, 0.29) is 23.9 Å². The third-order valence-electron chi connectivity index (χ3n) is 5.78. The van der Waals surface area contributed by atoms with Crippen LogP contribution in [0.1, 0.15) is 35.6 Å². The molecular weight excluding hydrogens is 341 g/mol. The fourth-order valence-corrected chi connectivity index (χ4v) is 4.20. The minimum atomic E-state index is -0.259. The lowest BCUT2D eigenvalue weighted by Gasteiger charge is -2.39. The van der Waals surface area contributed by atoms with Crippen molar-refractivity contribution in [2.24, 2.45) is 0 Å². The Balaban J connectivity index is 1.60. The SMILES string of the molecule is CN1CCC(NC(=O)N2CCc3ccccc3[C@@H]2c2ccc(F)cc2)CC1. The number of fused-ring (bicyclic) bond motifs is 1. The molecule has 2 aliphatic rings. The highest BCUT2D eigenvalue weighted by atomic mass is 19.1. The van der Waals surface area contributed by atoms with Crippen molar-refractivity contribution in [3.8, 4) is 0 Å². The van der Waals surface area contributed by atoms with Gasteiger partial charge in [0, 0.05) is 12.6 Å². The van der Waals surface area contributed by atoms with E-state index in [0.29, 0.717) is 6.54 Å². The van der Waals surface area contributed by atoms with Crippen LogP contribution in [0.5, 0.6) is 0 Å². The highest BCUT2D eigenvalue weighted by Crippen LogP contribution is 2.35. The van der Waals surface area contributed by atoms with Crippen molar-refractivity contribution in [3.05, 3.63) is 71.0 Å². The number of nitrogens with one attached hydrogen (secondary N) is 1. The average Bonchev–Trinajstić information content (AvgIpc) is 2.69.